The number of thioether (sulfide) groups is 1. The van der Waals surface area contributed by atoms with E-state index in [1.54, 1.807) is 11.8 Å². The van der Waals surface area contributed by atoms with Crippen LogP contribution in [-0.4, -0.2) is 14.6 Å². The topological polar surface area (TPSA) is 41.8 Å². The predicted octanol–water partition coefficient (Wildman–Crippen LogP) is 5.34. The Balaban J connectivity index is 1.45. The highest BCUT2D eigenvalue weighted by molar-refractivity contribution is 8.17. The van der Waals surface area contributed by atoms with E-state index in [1.807, 2.05) is 17.4 Å². The highest BCUT2D eigenvalue weighted by Gasteiger charge is 2.46. The number of aryl methyl sites for hydroxylation is 2. The monoisotopic (exact) mass is 432 g/mol. The number of aromatic nitrogens is 1. The average Bonchev–Trinajstić information content (AvgIpc) is 3.52. The summed E-state index contributed by atoms with van der Waals surface area (Å²) in [6, 6.07) is 19.1. The minimum atomic E-state index is 0.0173. The van der Waals surface area contributed by atoms with Gasteiger partial charge in [0, 0.05) is 23.0 Å². The number of rotatable bonds is 3. The van der Waals surface area contributed by atoms with Crippen LogP contribution in [0.25, 0.3) is 5.70 Å². The lowest BCUT2D eigenvalue weighted by atomic mass is 10.1. The summed E-state index contributed by atoms with van der Waals surface area (Å²) in [7, 11) is 2.06. The third kappa shape index (κ3) is 2.77. The molecule has 6 rings (SSSR count). The Morgan fingerprint density at radius 2 is 1.93 bits per heavy atom. The van der Waals surface area contributed by atoms with Gasteiger partial charge >= 0.3 is 0 Å². The summed E-state index contributed by atoms with van der Waals surface area (Å²) < 4.78 is 2.12. The van der Waals surface area contributed by atoms with Crippen LogP contribution < -0.4 is 5.48 Å². The van der Waals surface area contributed by atoms with Crippen LogP contribution in [0.5, 0.6) is 0 Å². The first-order valence-electron chi connectivity index (χ1n) is 9.86. The molecule has 0 amide bonds. The molecule has 2 atom stereocenters. The summed E-state index contributed by atoms with van der Waals surface area (Å²) in [5.74, 6) is 0.867. The van der Waals surface area contributed by atoms with Crippen LogP contribution in [0.4, 0.5) is 0 Å². The smallest absolute Gasteiger partial charge is 0.233 e. The van der Waals surface area contributed by atoms with Crippen molar-refractivity contribution in [3.05, 3.63) is 98.7 Å². The minimum absolute atomic E-state index is 0.0173. The highest BCUT2D eigenvalue weighted by Crippen LogP contribution is 2.52. The van der Waals surface area contributed by atoms with Gasteiger partial charge in [-0.3, -0.25) is 4.90 Å². The van der Waals surface area contributed by atoms with Crippen LogP contribution in [-0.2, 0) is 11.9 Å². The molecule has 0 bridgehead atoms. The fraction of sp³-hybridized carbons (Fsp3) is 0.174. The number of hydrogen-bond acceptors (Lipinski definition) is 6. The summed E-state index contributed by atoms with van der Waals surface area (Å²) in [4.78, 5) is 17.1. The van der Waals surface area contributed by atoms with Gasteiger partial charge in [-0.2, -0.15) is 0 Å². The van der Waals surface area contributed by atoms with Gasteiger partial charge < -0.3 is 9.40 Å². The van der Waals surface area contributed by atoms with Crippen molar-refractivity contribution >= 4 is 34.0 Å². The van der Waals surface area contributed by atoms with E-state index in [-0.39, 0.29) is 12.1 Å². The van der Waals surface area contributed by atoms with E-state index < -0.39 is 0 Å². The standard InChI is InChI=1S/C23H20N4OS2/c1-14-10-11-19(29-14)18-13-16(17-9-6-12-26(17)2)24-23-27(18)22-21(30-23)20(25-28-22)15-7-4-3-5-8-15/h3-13,18,20,25H,1-2H3. The van der Waals surface area contributed by atoms with Crippen molar-refractivity contribution in [3.63, 3.8) is 0 Å². The van der Waals surface area contributed by atoms with E-state index in [1.165, 1.54) is 20.2 Å². The van der Waals surface area contributed by atoms with Gasteiger partial charge in [-0.25, -0.2) is 4.99 Å². The number of thiophene rings is 1. The van der Waals surface area contributed by atoms with E-state index in [2.05, 4.69) is 89.7 Å². The Hall–Kier alpha value is -2.74. The normalized spacial score (nSPS) is 22.5. The Morgan fingerprint density at radius 3 is 2.67 bits per heavy atom. The molecule has 0 spiro atoms. The number of benzene rings is 1. The summed E-state index contributed by atoms with van der Waals surface area (Å²) in [5.41, 5.74) is 6.53. The molecule has 150 valence electrons. The van der Waals surface area contributed by atoms with Crippen molar-refractivity contribution in [2.45, 2.75) is 19.0 Å². The minimum Gasteiger partial charge on any atom is -0.388 e. The zero-order valence-electron chi connectivity index (χ0n) is 16.6. The summed E-state index contributed by atoms with van der Waals surface area (Å²) in [5, 5.41) is 0.970. The van der Waals surface area contributed by atoms with Gasteiger partial charge in [0.15, 0.2) is 5.17 Å². The van der Waals surface area contributed by atoms with Gasteiger partial charge in [-0.15, -0.1) is 16.8 Å². The molecule has 5 nitrogen and oxygen atoms in total. The molecule has 0 aliphatic carbocycles. The van der Waals surface area contributed by atoms with Crippen molar-refractivity contribution in [2.75, 3.05) is 0 Å². The first-order valence-corrected chi connectivity index (χ1v) is 11.5. The molecular formula is C23H20N4OS2. The first kappa shape index (κ1) is 18.1. The Morgan fingerprint density at radius 1 is 1.07 bits per heavy atom. The second kappa shape index (κ2) is 6.91. The SMILES string of the molecule is Cc1ccc(C2C=C(c3cccn3C)N=C3SC4=C(ONC4c4ccccc4)N32)s1. The van der Waals surface area contributed by atoms with Gasteiger partial charge in [0.25, 0.3) is 0 Å². The van der Waals surface area contributed by atoms with Gasteiger partial charge in [0.05, 0.1) is 22.3 Å². The molecule has 7 heteroatoms. The number of nitrogens with zero attached hydrogens (tertiary/aromatic N) is 3. The van der Waals surface area contributed by atoms with Gasteiger partial charge in [-0.05, 0) is 54.6 Å². The van der Waals surface area contributed by atoms with Crippen molar-refractivity contribution in [3.8, 4) is 0 Å². The van der Waals surface area contributed by atoms with E-state index >= 15 is 0 Å². The third-order valence-corrected chi connectivity index (χ3v) is 7.75. The Labute approximate surface area is 183 Å². The largest absolute Gasteiger partial charge is 0.388 e. The lowest BCUT2D eigenvalue weighted by Gasteiger charge is -2.31. The number of aliphatic imine (C=N–C) groups is 1. The molecule has 30 heavy (non-hydrogen) atoms. The van der Waals surface area contributed by atoms with Gasteiger partial charge in [0.1, 0.15) is 6.04 Å². The van der Waals surface area contributed by atoms with Crippen molar-refractivity contribution in [2.24, 2.45) is 12.0 Å². The molecule has 0 saturated heterocycles. The Bertz CT molecular complexity index is 1220. The van der Waals surface area contributed by atoms with Crippen LogP contribution >= 0.6 is 23.1 Å². The zero-order valence-corrected chi connectivity index (χ0v) is 18.2. The summed E-state index contributed by atoms with van der Waals surface area (Å²) in [6.07, 6.45) is 4.31. The van der Waals surface area contributed by atoms with Gasteiger partial charge in [-0.1, -0.05) is 30.3 Å². The van der Waals surface area contributed by atoms with Crippen LogP contribution in [0, 0.1) is 6.92 Å². The van der Waals surface area contributed by atoms with Crippen molar-refractivity contribution in [1.29, 1.82) is 0 Å². The average molecular weight is 433 g/mol. The second-order valence-corrected chi connectivity index (χ2v) is 9.88. The maximum atomic E-state index is 6.05. The van der Waals surface area contributed by atoms with Crippen LogP contribution in [0.1, 0.15) is 33.1 Å². The number of fused-ring (bicyclic) bond motifs is 2. The quantitative estimate of drug-likeness (QED) is 0.607. The molecule has 5 heterocycles. The molecule has 3 aliphatic rings. The molecule has 2 aromatic heterocycles. The van der Waals surface area contributed by atoms with E-state index in [0.717, 1.165) is 22.4 Å². The van der Waals surface area contributed by atoms with Crippen LogP contribution in [0.15, 0.2) is 82.7 Å². The number of nitrogens with one attached hydrogen (secondary N) is 1. The van der Waals surface area contributed by atoms with Crippen LogP contribution in [0.2, 0.25) is 0 Å². The van der Waals surface area contributed by atoms with Crippen molar-refractivity contribution < 1.29 is 4.84 Å². The molecule has 2 unspecified atom stereocenters. The van der Waals surface area contributed by atoms with Crippen LogP contribution in [0.3, 0.4) is 0 Å². The molecule has 0 saturated carbocycles. The lowest BCUT2D eigenvalue weighted by Crippen LogP contribution is -2.32. The van der Waals surface area contributed by atoms with E-state index in [0.29, 0.717) is 0 Å². The molecule has 0 radical (unpaired) electrons. The molecule has 3 aliphatic heterocycles. The molecule has 0 fully saturated rings. The Kier molecular flexibility index (Phi) is 4.16. The number of hydroxylamine groups is 1. The first-order chi connectivity index (χ1) is 14.7. The zero-order chi connectivity index (χ0) is 20.2. The van der Waals surface area contributed by atoms with E-state index in [9.17, 15) is 0 Å². The molecular weight excluding hydrogens is 412 g/mol. The van der Waals surface area contributed by atoms with E-state index in [4.69, 9.17) is 9.83 Å². The highest BCUT2D eigenvalue weighted by atomic mass is 32.2. The fourth-order valence-electron chi connectivity index (χ4n) is 4.09. The maximum absolute atomic E-state index is 6.05. The van der Waals surface area contributed by atoms with Crippen molar-refractivity contribution in [1.82, 2.24) is 14.9 Å². The predicted molar refractivity (Wildman–Crippen MR) is 122 cm³/mol. The molecule has 1 aromatic carbocycles. The molecule has 3 aromatic rings. The lowest BCUT2D eigenvalue weighted by molar-refractivity contribution is 0.0708. The maximum Gasteiger partial charge on any atom is 0.233 e. The second-order valence-electron chi connectivity index (χ2n) is 7.55. The summed E-state index contributed by atoms with van der Waals surface area (Å²) >= 11 is 3.52. The third-order valence-electron chi connectivity index (χ3n) is 5.57. The fourth-order valence-corrected chi connectivity index (χ4v) is 6.19. The molecule has 1 N–H and O–H groups in total. The summed E-state index contributed by atoms with van der Waals surface area (Å²) in [6.45, 7) is 2.15. The number of amidine groups is 1. The number of hydrogen-bond donors (Lipinski definition) is 1. The van der Waals surface area contributed by atoms with Gasteiger partial charge in [0.2, 0.25) is 5.88 Å².